The average molecular weight is 235 g/mol. The Labute approximate surface area is 102 Å². The number of fused-ring (bicyclic) bond motifs is 1. The molecule has 1 aliphatic heterocycles. The molecule has 1 saturated heterocycles. The highest BCUT2D eigenvalue weighted by atomic mass is 16.2. The molecule has 1 heterocycles. The van der Waals surface area contributed by atoms with Gasteiger partial charge in [-0.05, 0) is 31.6 Å². The summed E-state index contributed by atoms with van der Waals surface area (Å²) in [6.07, 6.45) is 7.53. The molecule has 0 aromatic carbocycles. The molecule has 1 N–H and O–H groups in total. The van der Waals surface area contributed by atoms with Crippen LogP contribution in [-0.4, -0.2) is 17.7 Å². The zero-order valence-electron chi connectivity index (χ0n) is 10.5. The molecule has 1 amide bonds. The van der Waals surface area contributed by atoms with Crippen LogP contribution in [0.1, 0.15) is 51.9 Å². The van der Waals surface area contributed by atoms with Crippen LogP contribution in [0, 0.1) is 17.3 Å². The molecule has 0 bridgehead atoms. The van der Waals surface area contributed by atoms with E-state index in [1.807, 2.05) is 0 Å². The Hall–Kier alpha value is -0.860. The Morgan fingerprint density at radius 3 is 2.59 bits per heavy atom. The Kier molecular flexibility index (Phi) is 2.53. The Bertz CT molecular complexity index is 361. The van der Waals surface area contributed by atoms with Crippen LogP contribution in [-0.2, 0) is 9.59 Å². The summed E-state index contributed by atoms with van der Waals surface area (Å²) in [5, 5.41) is 3.14. The summed E-state index contributed by atoms with van der Waals surface area (Å²) in [7, 11) is 0. The minimum atomic E-state index is -0.325. The number of Topliss-reactive ketones (excluding diaryl/α,β-unsaturated/α-hetero) is 1. The summed E-state index contributed by atoms with van der Waals surface area (Å²) in [5.41, 5.74) is -0.280. The van der Waals surface area contributed by atoms with Crippen molar-refractivity contribution in [3.63, 3.8) is 0 Å². The van der Waals surface area contributed by atoms with E-state index in [0.717, 1.165) is 38.5 Å². The van der Waals surface area contributed by atoms with E-state index in [-0.39, 0.29) is 29.1 Å². The lowest BCUT2D eigenvalue weighted by Gasteiger charge is -2.42. The van der Waals surface area contributed by atoms with E-state index < -0.39 is 0 Å². The standard InChI is InChI=1S/C14H21NO2/c1-14-8-4-2-3-5-10(14)15-13(17)11(12(14)16)9-6-7-9/h9-11H,2-8H2,1H3,(H,15,17). The highest BCUT2D eigenvalue weighted by Gasteiger charge is 2.55. The normalized spacial score (nSPS) is 42.6. The van der Waals surface area contributed by atoms with Crippen LogP contribution < -0.4 is 5.32 Å². The molecule has 3 atom stereocenters. The van der Waals surface area contributed by atoms with Gasteiger partial charge in [0.2, 0.25) is 5.91 Å². The maximum Gasteiger partial charge on any atom is 0.231 e. The van der Waals surface area contributed by atoms with Crippen LogP contribution in [0.5, 0.6) is 0 Å². The highest BCUT2D eigenvalue weighted by Crippen LogP contribution is 2.47. The molecule has 2 saturated carbocycles. The SMILES string of the molecule is CC12CCCCCC1NC(=O)C(C1CC1)C2=O. The summed E-state index contributed by atoms with van der Waals surface area (Å²) in [5.74, 6) is 0.287. The van der Waals surface area contributed by atoms with Gasteiger partial charge in [-0.2, -0.15) is 0 Å². The number of hydrogen-bond acceptors (Lipinski definition) is 2. The second kappa shape index (κ2) is 3.82. The third-order valence-electron chi connectivity index (χ3n) is 5.00. The predicted molar refractivity (Wildman–Crippen MR) is 64.3 cm³/mol. The quantitative estimate of drug-likeness (QED) is 0.707. The molecule has 2 aliphatic carbocycles. The predicted octanol–water partition coefficient (Wildman–Crippen LogP) is 2.05. The number of ketones is 1. The molecule has 0 radical (unpaired) electrons. The van der Waals surface area contributed by atoms with Crippen molar-refractivity contribution in [3.05, 3.63) is 0 Å². The highest BCUT2D eigenvalue weighted by molar-refractivity contribution is 6.07. The van der Waals surface area contributed by atoms with Gasteiger partial charge in [-0.15, -0.1) is 0 Å². The lowest BCUT2D eigenvalue weighted by atomic mass is 9.67. The molecule has 0 aromatic heterocycles. The van der Waals surface area contributed by atoms with Crippen molar-refractivity contribution in [2.75, 3.05) is 0 Å². The first-order chi connectivity index (χ1) is 8.13. The van der Waals surface area contributed by atoms with Gasteiger partial charge >= 0.3 is 0 Å². The fraction of sp³-hybridized carbons (Fsp3) is 0.857. The van der Waals surface area contributed by atoms with Crippen molar-refractivity contribution in [2.24, 2.45) is 17.3 Å². The van der Waals surface area contributed by atoms with E-state index in [2.05, 4.69) is 12.2 Å². The molecule has 0 spiro atoms. The van der Waals surface area contributed by atoms with Gasteiger partial charge in [0.1, 0.15) is 0 Å². The van der Waals surface area contributed by atoms with Crippen LogP contribution >= 0.6 is 0 Å². The van der Waals surface area contributed by atoms with Crippen molar-refractivity contribution in [1.82, 2.24) is 5.32 Å². The van der Waals surface area contributed by atoms with Gasteiger partial charge in [-0.25, -0.2) is 0 Å². The van der Waals surface area contributed by atoms with Gasteiger partial charge in [-0.3, -0.25) is 9.59 Å². The first-order valence-corrected chi connectivity index (χ1v) is 6.97. The van der Waals surface area contributed by atoms with Crippen LogP contribution in [0.3, 0.4) is 0 Å². The zero-order chi connectivity index (χ0) is 12.0. The van der Waals surface area contributed by atoms with E-state index in [1.54, 1.807) is 0 Å². The first kappa shape index (κ1) is 11.2. The smallest absolute Gasteiger partial charge is 0.231 e. The van der Waals surface area contributed by atoms with Gasteiger partial charge < -0.3 is 5.32 Å². The monoisotopic (exact) mass is 235 g/mol. The number of nitrogens with one attached hydrogen (secondary N) is 1. The van der Waals surface area contributed by atoms with Crippen LogP contribution in [0.2, 0.25) is 0 Å². The number of piperidine rings is 1. The van der Waals surface area contributed by atoms with E-state index in [4.69, 9.17) is 0 Å². The van der Waals surface area contributed by atoms with Gasteiger partial charge in [0.15, 0.2) is 5.78 Å². The van der Waals surface area contributed by atoms with Crippen LogP contribution in [0.15, 0.2) is 0 Å². The average Bonchev–Trinajstić information content (AvgIpc) is 3.09. The van der Waals surface area contributed by atoms with E-state index in [1.165, 1.54) is 6.42 Å². The Morgan fingerprint density at radius 1 is 1.12 bits per heavy atom. The minimum absolute atomic E-state index is 0.0156. The maximum atomic E-state index is 12.7. The second-order valence-electron chi connectivity index (χ2n) is 6.26. The van der Waals surface area contributed by atoms with Gasteiger partial charge in [0.25, 0.3) is 0 Å². The molecule has 3 unspecified atom stereocenters. The molecule has 3 heteroatoms. The third-order valence-corrected chi connectivity index (χ3v) is 5.00. The van der Waals surface area contributed by atoms with Crippen molar-refractivity contribution >= 4 is 11.7 Å². The number of amides is 1. The van der Waals surface area contributed by atoms with Gasteiger partial charge in [0, 0.05) is 11.5 Å². The van der Waals surface area contributed by atoms with Gasteiger partial charge in [-0.1, -0.05) is 26.2 Å². The summed E-state index contributed by atoms with van der Waals surface area (Å²) < 4.78 is 0. The fourth-order valence-corrected chi connectivity index (χ4v) is 3.63. The molecule has 3 aliphatic rings. The number of rotatable bonds is 1. The van der Waals surface area contributed by atoms with Crippen molar-refractivity contribution in [2.45, 2.75) is 57.9 Å². The van der Waals surface area contributed by atoms with Crippen LogP contribution in [0.25, 0.3) is 0 Å². The third kappa shape index (κ3) is 1.71. The molecule has 3 nitrogen and oxygen atoms in total. The molecule has 3 rings (SSSR count). The fourth-order valence-electron chi connectivity index (χ4n) is 3.63. The van der Waals surface area contributed by atoms with Crippen LogP contribution in [0.4, 0.5) is 0 Å². The lowest BCUT2D eigenvalue weighted by Crippen LogP contribution is -2.60. The Balaban J connectivity index is 1.90. The van der Waals surface area contributed by atoms with Crippen molar-refractivity contribution < 1.29 is 9.59 Å². The summed E-state index contributed by atoms with van der Waals surface area (Å²) in [4.78, 5) is 24.7. The summed E-state index contributed by atoms with van der Waals surface area (Å²) >= 11 is 0. The van der Waals surface area contributed by atoms with Gasteiger partial charge in [0.05, 0.1) is 5.92 Å². The molecular weight excluding hydrogens is 214 g/mol. The van der Waals surface area contributed by atoms with E-state index in [9.17, 15) is 9.59 Å². The molecule has 94 valence electrons. The molecule has 17 heavy (non-hydrogen) atoms. The molecule has 3 fully saturated rings. The Morgan fingerprint density at radius 2 is 1.88 bits per heavy atom. The van der Waals surface area contributed by atoms with E-state index in [0.29, 0.717) is 5.92 Å². The van der Waals surface area contributed by atoms with Crippen molar-refractivity contribution in [3.8, 4) is 0 Å². The van der Waals surface area contributed by atoms with E-state index >= 15 is 0 Å². The summed E-state index contributed by atoms with van der Waals surface area (Å²) in [6, 6.07) is 0.0972. The largest absolute Gasteiger partial charge is 0.352 e. The number of hydrogen-bond donors (Lipinski definition) is 1. The second-order valence-corrected chi connectivity index (χ2v) is 6.26. The molecular formula is C14H21NO2. The topological polar surface area (TPSA) is 46.2 Å². The van der Waals surface area contributed by atoms with Crippen molar-refractivity contribution in [1.29, 1.82) is 0 Å². The first-order valence-electron chi connectivity index (χ1n) is 6.97. The number of carbonyl (C=O) groups excluding carboxylic acids is 2. The minimum Gasteiger partial charge on any atom is -0.352 e. The zero-order valence-corrected chi connectivity index (χ0v) is 10.5. The lowest BCUT2D eigenvalue weighted by molar-refractivity contribution is -0.148. The number of carbonyl (C=O) groups is 2. The maximum absolute atomic E-state index is 12.7. The summed E-state index contributed by atoms with van der Waals surface area (Å²) in [6.45, 7) is 2.08. The molecule has 0 aromatic rings.